The summed E-state index contributed by atoms with van der Waals surface area (Å²) >= 11 is 13.6. The number of rotatable bonds is 7. The summed E-state index contributed by atoms with van der Waals surface area (Å²) in [6, 6.07) is 10.7. The zero-order chi connectivity index (χ0) is 19.4. The average Bonchev–Trinajstić information content (AvgIpc) is 3.09. The summed E-state index contributed by atoms with van der Waals surface area (Å²) in [5.74, 6) is 1.91. The predicted octanol–water partition coefficient (Wildman–Crippen LogP) is 5.67. The fourth-order valence-electron chi connectivity index (χ4n) is 2.46. The Bertz CT molecular complexity index is 975. The molecule has 0 aliphatic rings. The molecular weight excluding hydrogens is 405 g/mol. The van der Waals surface area contributed by atoms with Crippen molar-refractivity contribution in [3.63, 3.8) is 0 Å². The third-order valence-corrected chi connectivity index (χ3v) is 5.22. The molecule has 5 nitrogen and oxygen atoms in total. The fraction of sp³-hybridized carbons (Fsp3) is 0.211. The molecule has 0 bridgehead atoms. The minimum Gasteiger partial charge on any atom is -0.494 e. The lowest BCUT2D eigenvalue weighted by atomic mass is 10.1. The Morgan fingerprint density at radius 3 is 2.74 bits per heavy atom. The molecule has 0 atom stereocenters. The molecule has 8 heteroatoms. The van der Waals surface area contributed by atoms with Gasteiger partial charge in [0.25, 0.3) is 0 Å². The molecule has 0 aliphatic carbocycles. The second kappa shape index (κ2) is 8.78. The van der Waals surface area contributed by atoms with E-state index in [1.807, 2.05) is 19.1 Å². The Morgan fingerprint density at radius 1 is 1.22 bits per heavy atom. The SMILES string of the molecule is CCOc1ccc(C(C)=O)cc1CSc1n[nH]c(-c2ccc(Cl)cc2Cl)n1. The van der Waals surface area contributed by atoms with Crippen LogP contribution in [0.15, 0.2) is 41.6 Å². The smallest absolute Gasteiger partial charge is 0.209 e. The number of ketones is 1. The molecule has 1 aromatic heterocycles. The topological polar surface area (TPSA) is 67.9 Å². The number of hydrogen-bond acceptors (Lipinski definition) is 5. The van der Waals surface area contributed by atoms with Crippen molar-refractivity contribution in [1.82, 2.24) is 15.2 Å². The third kappa shape index (κ3) is 4.83. The number of ether oxygens (including phenoxy) is 1. The first kappa shape index (κ1) is 19.7. The van der Waals surface area contributed by atoms with E-state index >= 15 is 0 Å². The van der Waals surface area contributed by atoms with Gasteiger partial charge in [-0.1, -0.05) is 35.0 Å². The van der Waals surface area contributed by atoms with E-state index in [9.17, 15) is 4.79 Å². The molecule has 1 heterocycles. The largest absolute Gasteiger partial charge is 0.494 e. The maximum absolute atomic E-state index is 11.7. The second-order valence-electron chi connectivity index (χ2n) is 5.69. The quantitative estimate of drug-likeness (QED) is 0.392. The molecule has 0 amide bonds. The summed E-state index contributed by atoms with van der Waals surface area (Å²) in [6.45, 7) is 4.02. The van der Waals surface area contributed by atoms with E-state index in [4.69, 9.17) is 27.9 Å². The van der Waals surface area contributed by atoms with Crippen molar-refractivity contribution >= 4 is 40.7 Å². The van der Waals surface area contributed by atoms with Gasteiger partial charge >= 0.3 is 0 Å². The maximum Gasteiger partial charge on any atom is 0.209 e. The first-order chi connectivity index (χ1) is 13.0. The lowest BCUT2D eigenvalue weighted by Crippen LogP contribution is -1.99. The highest BCUT2D eigenvalue weighted by molar-refractivity contribution is 7.98. The first-order valence-corrected chi connectivity index (χ1v) is 9.99. The molecule has 0 radical (unpaired) electrons. The van der Waals surface area contributed by atoms with Crippen LogP contribution in [0.3, 0.4) is 0 Å². The number of carbonyl (C=O) groups excluding carboxylic acids is 1. The number of Topliss-reactive ketones (excluding diaryl/α,β-unsaturated/α-hetero) is 1. The molecule has 27 heavy (non-hydrogen) atoms. The highest BCUT2D eigenvalue weighted by atomic mass is 35.5. The van der Waals surface area contributed by atoms with E-state index in [2.05, 4.69) is 15.2 Å². The van der Waals surface area contributed by atoms with Gasteiger partial charge in [0, 0.05) is 27.5 Å². The Morgan fingerprint density at radius 2 is 2.04 bits per heavy atom. The monoisotopic (exact) mass is 421 g/mol. The lowest BCUT2D eigenvalue weighted by molar-refractivity contribution is 0.101. The van der Waals surface area contributed by atoms with Crippen LogP contribution in [0.4, 0.5) is 0 Å². The fourth-order valence-corrected chi connectivity index (χ4v) is 3.74. The number of aromatic nitrogens is 3. The molecule has 140 valence electrons. The van der Waals surface area contributed by atoms with Gasteiger partial charge in [-0.15, -0.1) is 5.10 Å². The van der Waals surface area contributed by atoms with Gasteiger partial charge in [-0.3, -0.25) is 9.89 Å². The van der Waals surface area contributed by atoms with E-state index < -0.39 is 0 Å². The van der Waals surface area contributed by atoms with Gasteiger partial charge in [-0.05, 0) is 50.2 Å². The molecule has 0 unspecified atom stereocenters. The van der Waals surface area contributed by atoms with Crippen molar-refractivity contribution < 1.29 is 9.53 Å². The number of benzene rings is 2. The van der Waals surface area contributed by atoms with E-state index in [-0.39, 0.29) is 5.78 Å². The van der Waals surface area contributed by atoms with E-state index in [0.717, 1.165) is 16.9 Å². The van der Waals surface area contributed by atoms with E-state index in [1.54, 1.807) is 31.2 Å². The van der Waals surface area contributed by atoms with Gasteiger partial charge < -0.3 is 4.74 Å². The van der Waals surface area contributed by atoms with Crippen LogP contribution in [-0.2, 0) is 5.75 Å². The van der Waals surface area contributed by atoms with Gasteiger partial charge in [0.15, 0.2) is 11.6 Å². The number of nitrogens with one attached hydrogen (secondary N) is 1. The van der Waals surface area contributed by atoms with Crippen LogP contribution in [0.1, 0.15) is 29.8 Å². The molecular formula is C19H17Cl2N3O2S. The summed E-state index contributed by atoms with van der Waals surface area (Å²) in [7, 11) is 0. The van der Waals surface area contributed by atoms with Crippen molar-refractivity contribution in [2.45, 2.75) is 24.8 Å². The number of thioether (sulfide) groups is 1. The van der Waals surface area contributed by atoms with Gasteiger partial charge in [0.05, 0.1) is 11.6 Å². The van der Waals surface area contributed by atoms with Crippen LogP contribution in [0, 0.1) is 0 Å². The Hall–Kier alpha value is -2.02. The maximum atomic E-state index is 11.7. The number of halogens is 2. The standard InChI is InChI=1S/C19H17Cl2N3O2S/c1-3-26-17-7-4-12(11(2)25)8-13(17)10-27-19-22-18(23-24-19)15-6-5-14(20)9-16(15)21/h4-9H,3,10H2,1-2H3,(H,22,23,24). The van der Waals surface area contributed by atoms with E-state index in [0.29, 0.717) is 38.9 Å². The van der Waals surface area contributed by atoms with Gasteiger partial charge in [0.2, 0.25) is 5.16 Å². The average molecular weight is 422 g/mol. The summed E-state index contributed by atoms with van der Waals surface area (Å²) in [6.07, 6.45) is 0. The van der Waals surface area contributed by atoms with Crippen LogP contribution in [0.5, 0.6) is 5.75 Å². The van der Waals surface area contributed by atoms with Gasteiger partial charge in [-0.25, -0.2) is 4.98 Å². The zero-order valence-electron chi connectivity index (χ0n) is 14.8. The van der Waals surface area contributed by atoms with Crippen LogP contribution in [-0.4, -0.2) is 27.6 Å². The zero-order valence-corrected chi connectivity index (χ0v) is 17.1. The molecule has 3 rings (SSSR count). The summed E-state index contributed by atoms with van der Waals surface area (Å²) in [5, 5.41) is 8.77. The minimum atomic E-state index is 0.0156. The first-order valence-electron chi connectivity index (χ1n) is 8.25. The third-order valence-electron chi connectivity index (χ3n) is 3.77. The number of nitrogens with zero attached hydrogens (tertiary/aromatic N) is 2. The highest BCUT2D eigenvalue weighted by Crippen LogP contribution is 2.31. The lowest BCUT2D eigenvalue weighted by Gasteiger charge is -2.10. The molecule has 0 fully saturated rings. The van der Waals surface area contributed by atoms with Crippen LogP contribution in [0.2, 0.25) is 10.0 Å². The van der Waals surface area contributed by atoms with E-state index in [1.165, 1.54) is 11.8 Å². The van der Waals surface area contributed by atoms with Gasteiger partial charge in [-0.2, -0.15) is 0 Å². The van der Waals surface area contributed by atoms with Crippen molar-refractivity contribution in [1.29, 1.82) is 0 Å². The number of carbonyl (C=O) groups is 1. The highest BCUT2D eigenvalue weighted by Gasteiger charge is 2.13. The number of aromatic amines is 1. The molecule has 0 spiro atoms. The number of hydrogen-bond donors (Lipinski definition) is 1. The van der Waals surface area contributed by atoms with Crippen LogP contribution < -0.4 is 4.74 Å². The van der Waals surface area contributed by atoms with Crippen molar-refractivity contribution in [2.24, 2.45) is 0 Å². The molecule has 0 saturated carbocycles. The normalized spacial score (nSPS) is 10.8. The van der Waals surface area contributed by atoms with Crippen molar-refractivity contribution in [3.05, 3.63) is 57.6 Å². The Labute approximate surface area is 171 Å². The predicted molar refractivity (Wildman–Crippen MR) is 109 cm³/mol. The van der Waals surface area contributed by atoms with Crippen molar-refractivity contribution in [3.8, 4) is 17.1 Å². The number of H-pyrrole nitrogens is 1. The Balaban J connectivity index is 1.78. The summed E-state index contributed by atoms with van der Waals surface area (Å²) < 4.78 is 5.66. The van der Waals surface area contributed by atoms with Crippen LogP contribution >= 0.6 is 35.0 Å². The second-order valence-corrected chi connectivity index (χ2v) is 7.48. The van der Waals surface area contributed by atoms with Crippen molar-refractivity contribution in [2.75, 3.05) is 6.61 Å². The Kier molecular flexibility index (Phi) is 6.42. The molecule has 3 aromatic rings. The van der Waals surface area contributed by atoms with Crippen LogP contribution in [0.25, 0.3) is 11.4 Å². The van der Waals surface area contributed by atoms with Gasteiger partial charge in [0.1, 0.15) is 5.75 Å². The summed E-state index contributed by atoms with van der Waals surface area (Å²) in [4.78, 5) is 16.1. The minimum absolute atomic E-state index is 0.0156. The molecule has 2 aromatic carbocycles. The summed E-state index contributed by atoms with van der Waals surface area (Å²) in [5.41, 5.74) is 2.30. The molecule has 0 saturated heterocycles. The molecule has 0 aliphatic heterocycles. The molecule has 1 N–H and O–H groups in total.